The van der Waals surface area contributed by atoms with Gasteiger partial charge in [0.15, 0.2) is 6.10 Å². The third-order valence-electron chi connectivity index (χ3n) is 8.80. The average Bonchev–Trinajstić information content (AvgIpc) is 3.05. The van der Waals surface area contributed by atoms with Gasteiger partial charge in [0.2, 0.25) is 0 Å². The first-order chi connectivity index (χ1) is 24.0. The molecule has 0 saturated heterocycles. The maximum absolute atomic E-state index is 12.5. The van der Waals surface area contributed by atoms with Crippen LogP contribution in [0.5, 0.6) is 0 Å². The number of carbonyl (C=O) groups is 2. The number of hydrogen-bond donors (Lipinski definition) is 1. The summed E-state index contributed by atoms with van der Waals surface area (Å²) >= 11 is 0. The number of carbonyl (C=O) groups excluding carboxylic acids is 2. The van der Waals surface area contributed by atoms with E-state index in [-0.39, 0.29) is 26.1 Å². The summed E-state index contributed by atoms with van der Waals surface area (Å²) in [6.45, 7) is 4.24. The number of esters is 2. The minimum atomic E-state index is -4.35. The lowest BCUT2D eigenvalue weighted by molar-refractivity contribution is -0.870. The molecule has 50 heavy (non-hydrogen) atoms. The molecule has 2 unspecified atom stereocenters. The van der Waals surface area contributed by atoms with E-state index in [2.05, 4.69) is 26.0 Å². The smallest absolute Gasteiger partial charge is 0.462 e. The number of hydrogen-bond acceptors (Lipinski definition) is 7. The van der Waals surface area contributed by atoms with E-state index in [0.717, 1.165) is 32.1 Å². The van der Waals surface area contributed by atoms with Crippen molar-refractivity contribution in [3.8, 4) is 0 Å². The van der Waals surface area contributed by atoms with Crippen LogP contribution < -0.4 is 0 Å². The molecule has 0 amide bonds. The quantitative estimate of drug-likeness (QED) is 0.0221. The Bertz CT molecular complexity index is 876. The Balaban J connectivity index is 4.00. The standard InChI is InChI=1S/C40H78NO8P/c1-6-8-10-11-12-13-14-15-16-17-18-19-20-21-22-23-24-25-26-27-28-29-31-33-40(43)49-38(36-46-39(42)32-30-9-7-2)37-48-50(44,45)47-35-34-41(3,4)5/h17-18,38H,6-16,19-37H2,1-5H3/p+1/b18-17-. The van der Waals surface area contributed by atoms with Crippen LogP contribution >= 0.6 is 7.82 Å². The van der Waals surface area contributed by atoms with Crippen LogP contribution in [0.15, 0.2) is 12.2 Å². The molecule has 0 spiro atoms. The first-order valence-corrected chi connectivity index (χ1v) is 21.9. The van der Waals surface area contributed by atoms with Crippen molar-refractivity contribution in [2.75, 3.05) is 47.5 Å². The number of quaternary nitrogens is 1. The molecule has 10 heteroatoms. The Hall–Kier alpha value is -1.25. The molecule has 0 heterocycles. The molecule has 0 bridgehead atoms. The third kappa shape index (κ3) is 36.5. The van der Waals surface area contributed by atoms with Crippen molar-refractivity contribution in [3.63, 3.8) is 0 Å². The molecule has 0 aliphatic heterocycles. The van der Waals surface area contributed by atoms with Gasteiger partial charge in [0.1, 0.15) is 19.8 Å². The number of phosphoric acid groups is 1. The summed E-state index contributed by atoms with van der Waals surface area (Å²) in [4.78, 5) is 34.7. The van der Waals surface area contributed by atoms with Crippen molar-refractivity contribution in [2.24, 2.45) is 0 Å². The van der Waals surface area contributed by atoms with Gasteiger partial charge in [0.05, 0.1) is 27.7 Å². The fourth-order valence-corrected chi connectivity index (χ4v) is 6.28. The third-order valence-corrected chi connectivity index (χ3v) is 9.78. The molecule has 0 fully saturated rings. The highest BCUT2D eigenvalue weighted by molar-refractivity contribution is 7.47. The molecule has 1 N–H and O–H groups in total. The van der Waals surface area contributed by atoms with Gasteiger partial charge >= 0.3 is 19.8 Å². The summed E-state index contributed by atoms with van der Waals surface area (Å²) in [5.41, 5.74) is 0. The molecule has 2 atom stereocenters. The van der Waals surface area contributed by atoms with Crippen molar-refractivity contribution in [3.05, 3.63) is 12.2 Å². The lowest BCUT2D eigenvalue weighted by atomic mass is 10.0. The zero-order chi connectivity index (χ0) is 37.2. The summed E-state index contributed by atoms with van der Waals surface area (Å²) < 4.78 is 33.8. The second kappa shape index (κ2) is 33.6. The average molecular weight is 733 g/mol. The lowest BCUT2D eigenvalue weighted by Gasteiger charge is -2.24. The minimum absolute atomic E-state index is 0.0334. The molecule has 0 radical (unpaired) electrons. The van der Waals surface area contributed by atoms with E-state index in [4.69, 9.17) is 18.5 Å². The zero-order valence-electron chi connectivity index (χ0n) is 33.1. The van der Waals surface area contributed by atoms with E-state index in [1.807, 2.05) is 21.1 Å². The fraction of sp³-hybridized carbons (Fsp3) is 0.900. The maximum atomic E-state index is 12.5. The second-order valence-electron chi connectivity index (χ2n) is 15.0. The molecule has 0 rings (SSSR count). The van der Waals surface area contributed by atoms with E-state index < -0.39 is 32.5 Å². The van der Waals surface area contributed by atoms with Crippen molar-refractivity contribution in [1.29, 1.82) is 0 Å². The topological polar surface area (TPSA) is 108 Å². The predicted octanol–water partition coefficient (Wildman–Crippen LogP) is 11.0. The van der Waals surface area contributed by atoms with Crippen molar-refractivity contribution >= 4 is 19.8 Å². The molecule has 0 aromatic heterocycles. The number of likely N-dealkylation sites (N-methyl/N-ethyl adjacent to an activating group) is 1. The van der Waals surface area contributed by atoms with Crippen molar-refractivity contribution in [1.82, 2.24) is 0 Å². The van der Waals surface area contributed by atoms with Gasteiger partial charge < -0.3 is 18.9 Å². The number of unbranched alkanes of at least 4 members (excludes halogenated alkanes) is 21. The van der Waals surface area contributed by atoms with Gasteiger partial charge in [-0.05, 0) is 38.5 Å². The van der Waals surface area contributed by atoms with Crippen LogP contribution in [0.25, 0.3) is 0 Å². The number of ether oxygens (including phenoxy) is 2. The molecule has 9 nitrogen and oxygen atoms in total. The summed E-state index contributed by atoms with van der Waals surface area (Å²) in [7, 11) is 1.48. The Kier molecular flexibility index (Phi) is 32.7. The summed E-state index contributed by atoms with van der Waals surface area (Å²) in [5, 5.41) is 0. The van der Waals surface area contributed by atoms with Crippen LogP contribution in [0.3, 0.4) is 0 Å². The highest BCUT2D eigenvalue weighted by Gasteiger charge is 2.27. The summed E-state index contributed by atoms with van der Waals surface area (Å²) in [5.74, 6) is -0.823. The van der Waals surface area contributed by atoms with Gasteiger partial charge in [0.25, 0.3) is 0 Å². The Morgan fingerprint density at radius 1 is 0.600 bits per heavy atom. The molecule has 0 aromatic carbocycles. The molecule has 296 valence electrons. The molecule has 0 aliphatic rings. The highest BCUT2D eigenvalue weighted by Crippen LogP contribution is 2.43. The van der Waals surface area contributed by atoms with Gasteiger partial charge in [0, 0.05) is 12.8 Å². The van der Waals surface area contributed by atoms with E-state index in [0.29, 0.717) is 17.4 Å². The number of phosphoric ester groups is 1. The number of allylic oxidation sites excluding steroid dienone is 2. The minimum Gasteiger partial charge on any atom is -0.462 e. The number of nitrogens with zero attached hydrogens (tertiary/aromatic N) is 1. The van der Waals surface area contributed by atoms with E-state index >= 15 is 0 Å². The van der Waals surface area contributed by atoms with Crippen LogP contribution in [-0.2, 0) is 32.7 Å². The molecule has 0 aliphatic carbocycles. The van der Waals surface area contributed by atoms with Gasteiger partial charge in [-0.15, -0.1) is 0 Å². The van der Waals surface area contributed by atoms with Crippen LogP contribution in [-0.4, -0.2) is 74.9 Å². The van der Waals surface area contributed by atoms with Crippen LogP contribution in [0.4, 0.5) is 0 Å². The lowest BCUT2D eigenvalue weighted by Crippen LogP contribution is -2.37. The second-order valence-corrected chi connectivity index (χ2v) is 16.5. The van der Waals surface area contributed by atoms with E-state index in [9.17, 15) is 19.0 Å². The Morgan fingerprint density at radius 2 is 1.02 bits per heavy atom. The van der Waals surface area contributed by atoms with Gasteiger partial charge in [-0.3, -0.25) is 18.6 Å². The van der Waals surface area contributed by atoms with Gasteiger partial charge in [-0.1, -0.05) is 142 Å². The number of rotatable bonds is 37. The largest absolute Gasteiger partial charge is 0.472 e. The first-order valence-electron chi connectivity index (χ1n) is 20.4. The van der Waals surface area contributed by atoms with E-state index in [1.165, 1.54) is 116 Å². The van der Waals surface area contributed by atoms with Crippen molar-refractivity contribution in [2.45, 2.75) is 187 Å². The van der Waals surface area contributed by atoms with Gasteiger partial charge in [-0.25, -0.2) is 4.57 Å². The predicted molar refractivity (Wildman–Crippen MR) is 206 cm³/mol. The zero-order valence-corrected chi connectivity index (χ0v) is 34.0. The van der Waals surface area contributed by atoms with Crippen LogP contribution in [0.2, 0.25) is 0 Å². The van der Waals surface area contributed by atoms with Crippen LogP contribution in [0, 0.1) is 0 Å². The highest BCUT2D eigenvalue weighted by atomic mass is 31.2. The van der Waals surface area contributed by atoms with Gasteiger partial charge in [-0.2, -0.15) is 0 Å². The summed E-state index contributed by atoms with van der Waals surface area (Å²) in [6.07, 6.45) is 33.5. The normalized spacial score (nSPS) is 13.8. The van der Waals surface area contributed by atoms with Crippen molar-refractivity contribution < 1.29 is 42.1 Å². The Morgan fingerprint density at radius 3 is 1.52 bits per heavy atom. The molecule has 0 saturated carbocycles. The first kappa shape index (κ1) is 48.8. The maximum Gasteiger partial charge on any atom is 0.472 e. The van der Waals surface area contributed by atoms with E-state index in [1.54, 1.807) is 0 Å². The van der Waals surface area contributed by atoms with Crippen LogP contribution in [0.1, 0.15) is 181 Å². The molecule has 0 aromatic rings. The fourth-order valence-electron chi connectivity index (χ4n) is 5.54. The molecular weight excluding hydrogens is 653 g/mol. The summed E-state index contributed by atoms with van der Waals surface area (Å²) in [6, 6.07) is 0. The monoisotopic (exact) mass is 733 g/mol. The molecular formula is C40H79NO8P+. The Labute approximate surface area is 307 Å². The SMILES string of the molecule is CCCCCCCCCC/C=C\CCCCCCCCCCCCCC(=O)OC(COC(=O)CCCCC)COP(=O)(O)OCC[N+](C)(C)C.